The van der Waals surface area contributed by atoms with Crippen molar-refractivity contribution in [2.24, 2.45) is 0 Å². The molecule has 0 N–H and O–H groups in total. The third-order valence-electron chi connectivity index (χ3n) is 0.727. The predicted molar refractivity (Wildman–Crippen MR) is 37.9 cm³/mol. The molecule has 0 aliphatic carbocycles. The van der Waals surface area contributed by atoms with Gasteiger partial charge in [-0.05, 0) is 13.8 Å². The molecule has 0 amide bonds. The normalized spacial score (nSPS) is 10.7. The van der Waals surface area contributed by atoms with E-state index < -0.39 is 7.60 Å². The summed E-state index contributed by atoms with van der Waals surface area (Å²) in [6, 6.07) is 0. The minimum absolute atomic E-state index is 0. The van der Waals surface area contributed by atoms with Gasteiger partial charge in [-0.1, -0.05) is 0 Å². The molecule has 58 valence electrons. The van der Waals surface area contributed by atoms with E-state index in [4.69, 9.17) is 9.05 Å². The van der Waals surface area contributed by atoms with Crippen LogP contribution in [0.3, 0.4) is 0 Å². The molecular weight excluding hydrogens is 146 g/mol. The van der Waals surface area contributed by atoms with Gasteiger partial charge in [0.15, 0.2) is 0 Å². The number of hydrogen-bond donors (Lipinski definition) is 0. The molecule has 10 heavy (non-hydrogen) atoms. The summed E-state index contributed by atoms with van der Waals surface area (Å²) in [6.07, 6.45) is 0. The Labute approximate surface area is 75.7 Å². The smallest absolute Gasteiger partial charge is 1.00 e. The molecule has 0 saturated carbocycles. The van der Waals surface area contributed by atoms with Crippen LogP contribution in [0, 0.1) is 0 Å². The predicted octanol–water partition coefficient (Wildman–Crippen LogP) is -1.00. The third kappa shape index (κ3) is 6.86. The average molecular weight is 160 g/mol. The van der Waals surface area contributed by atoms with E-state index in [0.29, 0.717) is 13.2 Å². The molecule has 0 aromatic carbocycles. The van der Waals surface area contributed by atoms with Crippen molar-refractivity contribution in [3.05, 3.63) is 0 Å². The minimum Gasteiger partial charge on any atom is -1.00 e. The van der Waals surface area contributed by atoms with E-state index in [1.54, 1.807) is 13.8 Å². The standard InChI is InChI=1S/C5H13O3P.Li.H/c1-4-7-9(3,6)8-5-2;;/h4-5H2,1-3H3;;/q;+1;-1. The van der Waals surface area contributed by atoms with Crippen molar-refractivity contribution in [3.63, 3.8) is 0 Å². The van der Waals surface area contributed by atoms with Crippen molar-refractivity contribution in [3.8, 4) is 0 Å². The van der Waals surface area contributed by atoms with Crippen molar-refractivity contribution in [1.82, 2.24) is 0 Å². The number of rotatable bonds is 4. The largest absolute Gasteiger partial charge is 1.00 e. The maximum atomic E-state index is 11.0. The van der Waals surface area contributed by atoms with Crippen molar-refractivity contribution in [2.45, 2.75) is 13.8 Å². The van der Waals surface area contributed by atoms with Crippen LogP contribution in [0.5, 0.6) is 0 Å². The van der Waals surface area contributed by atoms with Crippen LogP contribution >= 0.6 is 7.60 Å². The minimum atomic E-state index is -2.69. The van der Waals surface area contributed by atoms with Gasteiger partial charge in [0.1, 0.15) is 0 Å². The van der Waals surface area contributed by atoms with E-state index in [0.717, 1.165) is 0 Å². The maximum Gasteiger partial charge on any atom is 1.00 e. The van der Waals surface area contributed by atoms with Crippen LogP contribution in [0.15, 0.2) is 0 Å². The van der Waals surface area contributed by atoms with Crippen LogP contribution in [-0.4, -0.2) is 19.9 Å². The summed E-state index contributed by atoms with van der Waals surface area (Å²) in [5, 5.41) is 0. The summed E-state index contributed by atoms with van der Waals surface area (Å²) in [6.45, 7) is 5.92. The van der Waals surface area contributed by atoms with E-state index in [-0.39, 0.29) is 20.3 Å². The summed E-state index contributed by atoms with van der Waals surface area (Å²) in [5.74, 6) is 0. The Morgan fingerprint density at radius 3 is 1.80 bits per heavy atom. The van der Waals surface area contributed by atoms with Gasteiger partial charge >= 0.3 is 26.5 Å². The molecule has 0 unspecified atom stereocenters. The Hall–Kier alpha value is 0.747. The van der Waals surface area contributed by atoms with Crippen molar-refractivity contribution in [2.75, 3.05) is 19.9 Å². The molecule has 0 aromatic heterocycles. The van der Waals surface area contributed by atoms with Crippen molar-refractivity contribution in [1.29, 1.82) is 0 Å². The van der Waals surface area contributed by atoms with E-state index in [9.17, 15) is 4.57 Å². The van der Waals surface area contributed by atoms with Crippen LogP contribution in [0.1, 0.15) is 15.3 Å². The summed E-state index contributed by atoms with van der Waals surface area (Å²) in [7, 11) is -2.69. The van der Waals surface area contributed by atoms with Gasteiger partial charge in [-0.15, -0.1) is 0 Å². The van der Waals surface area contributed by atoms with E-state index in [2.05, 4.69) is 0 Å². The van der Waals surface area contributed by atoms with Gasteiger partial charge in [0.25, 0.3) is 0 Å². The van der Waals surface area contributed by atoms with E-state index in [1.165, 1.54) is 6.66 Å². The fourth-order valence-electron chi connectivity index (χ4n) is 0.506. The van der Waals surface area contributed by atoms with Gasteiger partial charge < -0.3 is 10.5 Å². The molecule has 0 aromatic rings. The second-order valence-electron chi connectivity index (χ2n) is 1.61. The first-order valence-corrected chi connectivity index (χ1v) is 4.98. The number of hydrogen-bond acceptors (Lipinski definition) is 3. The molecule has 0 aliphatic heterocycles. The molecule has 0 saturated heterocycles. The zero-order chi connectivity index (χ0) is 7.33. The summed E-state index contributed by atoms with van der Waals surface area (Å²) >= 11 is 0. The Kier molecular flexibility index (Phi) is 8.62. The van der Waals surface area contributed by atoms with Gasteiger partial charge in [-0.3, -0.25) is 4.57 Å². The first-order valence-electron chi connectivity index (χ1n) is 2.99. The Morgan fingerprint density at radius 2 is 1.60 bits per heavy atom. The summed E-state index contributed by atoms with van der Waals surface area (Å²) in [5.41, 5.74) is 0. The Morgan fingerprint density at radius 1 is 1.30 bits per heavy atom. The van der Waals surface area contributed by atoms with Crippen LogP contribution in [0.25, 0.3) is 0 Å². The molecule has 0 spiro atoms. The van der Waals surface area contributed by atoms with Gasteiger partial charge in [0.05, 0.1) is 13.2 Å². The third-order valence-corrected chi connectivity index (χ3v) is 2.18. The first kappa shape index (κ1) is 13.3. The quantitative estimate of drug-likeness (QED) is 0.391. The van der Waals surface area contributed by atoms with Crippen molar-refractivity contribution >= 4 is 7.60 Å². The molecule has 0 aliphatic rings. The second kappa shape index (κ2) is 6.46. The molecule has 0 heterocycles. The van der Waals surface area contributed by atoms with Gasteiger partial charge in [-0.25, -0.2) is 0 Å². The topological polar surface area (TPSA) is 35.5 Å². The molecule has 5 heteroatoms. The van der Waals surface area contributed by atoms with E-state index in [1.807, 2.05) is 0 Å². The molecule has 0 atom stereocenters. The van der Waals surface area contributed by atoms with Crippen molar-refractivity contribution < 1.29 is 33.9 Å². The SMILES string of the molecule is CCOP(C)(=O)OCC.[H-].[Li+]. The van der Waals surface area contributed by atoms with Crippen LogP contribution < -0.4 is 18.9 Å². The van der Waals surface area contributed by atoms with Crippen LogP contribution in [-0.2, 0) is 13.6 Å². The molecule has 3 nitrogen and oxygen atoms in total. The fourth-order valence-corrected chi connectivity index (χ4v) is 1.52. The monoisotopic (exact) mass is 160 g/mol. The van der Waals surface area contributed by atoms with Gasteiger partial charge in [0, 0.05) is 6.66 Å². The van der Waals surface area contributed by atoms with E-state index >= 15 is 0 Å². The Balaban J connectivity index is -0.000000320. The zero-order valence-electron chi connectivity index (χ0n) is 8.09. The molecule has 0 radical (unpaired) electrons. The Bertz CT molecular complexity index is 112. The molecule has 0 fully saturated rings. The van der Waals surface area contributed by atoms with Gasteiger partial charge in [-0.2, -0.15) is 0 Å². The maximum absolute atomic E-state index is 11.0. The summed E-state index contributed by atoms with van der Waals surface area (Å²) in [4.78, 5) is 0. The first-order chi connectivity index (χ1) is 4.12. The van der Waals surface area contributed by atoms with Crippen LogP contribution in [0.2, 0.25) is 0 Å². The fraction of sp³-hybridized carbons (Fsp3) is 1.00. The van der Waals surface area contributed by atoms with Gasteiger partial charge in [0.2, 0.25) is 0 Å². The molecular formula is C5H14LiO3P. The molecule has 0 rings (SSSR count). The average Bonchev–Trinajstić information content (AvgIpc) is 1.64. The molecule has 0 bridgehead atoms. The zero-order valence-corrected chi connectivity index (χ0v) is 7.98. The second-order valence-corrected chi connectivity index (χ2v) is 3.67. The van der Waals surface area contributed by atoms with Crippen LogP contribution in [0.4, 0.5) is 0 Å². The summed E-state index contributed by atoms with van der Waals surface area (Å²) < 4.78 is 20.6.